The van der Waals surface area contributed by atoms with Crippen LogP contribution in [-0.4, -0.2) is 58.7 Å². The molecule has 0 unspecified atom stereocenters. The number of sulfonamides is 1. The molecule has 0 bridgehead atoms. The van der Waals surface area contributed by atoms with Crippen molar-refractivity contribution in [2.24, 2.45) is 17.8 Å². The molecule has 0 spiro atoms. The van der Waals surface area contributed by atoms with Crippen molar-refractivity contribution in [2.45, 2.75) is 76.7 Å². The number of ether oxygens (including phenoxy) is 2. The molecule has 44 heavy (non-hydrogen) atoms. The Labute approximate surface area is 256 Å². The van der Waals surface area contributed by atoms with Gasteiger partial charge in [0.1, 0.15) is 10.3 Å². The van der Waals surface area contributed by atoms with Gasteiger partial charge in [-0.05, 0) is 58.7 Å². The Kier molecular flexibility index (Phi) is 8.95. The maximum Gasteiger partial charge on any atom is 0.424 e. The van der Waals surface area contributed by atoms with Gasteiger partial charge >= 0.3 is 12.1 Å². The number of benzene rings is 1. The van der Waals surface area contributed by atoms with E-state index < -0.39 is 75.0 Å². The van der Waals surface area contributed by atoms with Crippen molar-refractivity contribution in [2.75, 3.05) is 6.61 Å². The fourth-order valence-corrected chi connectivity index (χ4v) is 9.06. The first-order valence-corrected chi connectivity index (χ1v) is 15.9. The first-order chi connectivity index (χ1) is 20.5. The van der Waals surface area contributed by atoms with Crippen LogP contribution in [0.1, 0.15) is 65.6 Å². The molecule has 9 nitrogen and oxygen atoms in total. The Morgan fingerprint density at radius 1 is 1.18 bits per heavy atom. The second kappa shape index (κ2) is 11.9. The monoisotopic (exact) mass is 629 g/mol. The zero-order valence-electron chi connectivity index (χ0n) is 25.6. The highest BCUT2D eigenvalue weighted by molar-refractivity contribution is 7.91. The molecule has 5 atom stereocenters. The normalized spacial score (nSPS) is 27.4. The number of halogens is 2. The highest BCUT2D eigenvalue weighted by atomic mass is 32.2. The summed E-state index contributed by atoms with van der Waals surface area (Å²) in [7, 11) is -4.83. The maximum absolute atomic E-state index is 15.8. The Balaban J connectivity index is 1.79. The summed E-state index contributed by atoms with van der Waals surface area (Å²) in [6.07, 6.45) is 1.43. The van der Waals surface area contributed by atoms with Crippen LogP contribution in [0.4, 0.5) is 13.6 Å². The Morgan fingerprint density at radius 3 is 2.45 bits per heavy atom. The molecule has 2 fully saturated rings. The smallest absolute Gasteiger partial charge is 0.424 e. The van der Waals surface area contributed by atoms with E-state index >= 15 is 8.78 Å². The minimum Gasteiger partial charge on any atom is -0.466 e. The number of nitrogens with zero attached hydrogens (tertiary/aromatic N) is 3. The first-order valence-electron chi connectivity index (χ1n) is 14.4. The molecule has 1 saturated carbocycles. The predicted octanol–water partition coefficient (Wildman–Crippen LogP) is 6.20. The summed E-state index contributed by atoms with van der Waals surface area (Å²) in [4.78, 5) is 30.5. The van der Waals surface area contributed by atoms with Crippen molar-refractivity contribution in [3.05, 3.63) is 59.9 Å². The van der Waals surface area contributed by atoms with E-state index in [4.69, 9.17) is 9.47 Å². The van der Waals surface area contributed by atoms with Crippen LogP contribution in [-0.2, 0) is 24.3 Å². The summed E-state index contributed by atoms with van der Waals surface area (Å²) in [6, 6.07) is 11.5. The number of carbonyl (C=O) groups excluding carboxylic acids is 2. The number of hydrogen-bond acceptors (Lipinski definition) is 8. The molecule has 0 N–H and O–H groups in total. The van der Waals surface area contributed by atoms with Gasteiger partial charge in [-0.3, -0.25) is 9.78 Å². The lowest BCUT2D eigenvalue weighted by molar-refractivity contribution is -0.151. The quantitative estimate of drug-likeness (QED) is 0.346. The van der Waals surface area contributed by atoms with Gasteiger partial charge in [0.05, 0.1) is 36.4 Å². The maximum atomic E-state index is 15.8. The van der Waals surface area contributed by atoms with Gasteiger partial charge in [-0.15, -0.1) is 0 Å². The SMILES string of the molecule is CCOC(=O)C[C@@]12CC(F)(F)[C@@H](C)[C@H](/C=C/c3ccc(-c4ccccc4C#N)cn3)[C@@H]1[C@@H](C)N(C(=O)OC(C)(C)C)S2(=O)=O. The van der Waals surface area contributed by atoms with Crippen molar-refractivity contribution in [3.8, 4) is 17.2 Å². The Bertz CT molecular complexity index is 1600. The molecule has 4 rings (SSSR count). The summed E-state index contributed by atoms with van der Waals surface area (Å²) in [5.41, 5.74) is 1.21. The summed E-state index contributed by atoms with van der Waals surface area (Å²) in [5.74, 6) is -7.95. The summed E-state index contributed by atoms with van der Waals surface area (Å²) in [6.45, 7) is 8.99. The van der Waals surface area contributed by atoms with E-state index in [1.54, 1.807) is 63.4 Å². The van der Waals surface area contributed by atoms with Crippen molar-refractivity contribution in [3.63, 3.8) is 0 Å². The third-order valence-electron chi connectivity index (χ3n) is 8.42. The van der Waals surface area contributed by atoms with Crippen molar-refractivity contribution >= 4 is 28.2 Å². The van der Waals surface area contributed by atoms with E-state index in [-0.39, 0.29) is 6.61 Å². The van der Waals surface area contributed by atoms with Crippen molar-refractivity contribution < 1.29 is 36.3 Å². The third kappa shape index (κ3) is 5.94. The minimum absolute atomic E-state index is 0.0679. The van der Waals surface area contributed by atoms with Crippen LogP contribution in [0.3, 0.4) is 0 Å². The van der Waals surface area contributed by atoms with Gasteiger partial charge in [-0.2, -0.15) is 5.26 Å². The fourth-order valence-electron chi connectivity index (χ4n) is 6.50. The molecule has 2 aromatic rings. The zero-order valence-corrected chi connectivity index (χ0v) is 26.4. The van der Waals surface area contributed by atoms with Crippen LogP contribution < -0.4 is 0 Å². The largest absolute Gasteiger partial charge is 0.466 e. The Hall–Kier alpha value is -3.85. The number of pyridine rings is 1. The number of esters is 1. The van der Waals surface area contributed by atoms with Crippen LogP contribution in [0.5, 0.6) is 0 Å². The number of rotatable bonds is 6. The minimum atomic E-state index is -4.83. The topological polar surface area (TPSA) is 127 Å². The van der Waals surface area contributed by atoms with Gasteiger partial charge in [0.25, 0.3) is 5.92 Å². The number of hydrogen-bond donors (Lipinski definition) is 0. The molecule has 1 aromatic heterocycles. The molecule has 1 amide bonds. The average Bonchev–Trinajstić information content (AvgIpc) is 3.09. The highest BCUT2D eigenvalue weighted by Crippen LogP contribution is 2.61. The second-order valence-corrected chi connectivity index (χ2v) is 14.5. The molecule has 0 radical (unpaired) electrons. The molecule has 1 aliphatic heterocycles. The number of aromatic nitrogens is 1. The Morgan fingerprint density at radius 2 is 1.86 bits per heavy atom. The van der Waals surface area contributed by atoms with Crippen LogP contribution in [0, 0.1) is 29.1 Å². The van der Waals surface area contributed by atoms with Crippen LogP contribution in [0.15, 0.2) is 48.7 Å². The van der Waals surface area contributed by atoms with Crippen LogP contribution >= 0.6 is 0 Å². The van der Waals surface area contributed by atoms with E-state index in [9.17, 15) is 23.3 Å². The molecule has 236 valence electrons. The van der Waals surface area contributed by atoms with Gasteiger partial charge in [-0.1, -0.05) is 37.3 Å². The van der Waals surface area contributed by atoms with Crippen molar-refractivity contribution in [1.29, 1.82) is 5.26 Å². The molecule has 12 heteroatoms. The summed E-state index contributed by atoms with van der Waals surface area (Å²) in [5, 5.41) is 9.43. The lowest BCUT2D eigenvalue weighted by Gasteiger charge is -2.48. The highest BCUT2D eigenvalue weighted by Gasteiger charge is 2.73. The van der Waals surface area contributed by atoms with Crippen molar-refractivity contribution in [1.82, 2.24) is 9.29 Å². The standard InChI is InChI=1S/C32H37F2N3O6S/c1-7-42-27(38)16-31-19-32(33,34)20(2)25(28(31)21(3)37(44(31,40)41)29(39)43-30(4,5)6)15-14-24-13-12-23(18-36-24)26-11-9-8-10-22(26)17-35/h8-15,18,20-21,25,28H,7,16,19H2,1-6H3/b15-14+/t20-,21+,25-,28-,31+/m0/s1. The number of allylic oxidation sites excluding steroid dienone is 1. The molecular formula is C32H37F2N3O6S. The lowest BCUT2D eigenvalue weighted by atomic mass is 9.61. The zero-order chi connectivity index (χ0) is 32.7. The van der Waals surface area contributed by atoms with Crippen LogP contribution in [0.25, 0.3) is 17.2 Å². The number of fused-ring (bicyclic) bond motifs is 1. The number of nitriles is 1. The van der Waals surface area contributed by atoms with E-state index in [0.717, 1.165) is 0 Å². The molecule has 2 heterocycles. The molecule has 1 saturated heterocycles. The van der Waals surface area contributed by atoms with E-state index in [1.807, 2.05) is 0 Å². The molecule has 1 aliphatic carbocycles. The fraction of sp³-hybridized carbons (Fsp3) is 0.500. The average molecular weight is 630 g/mol. The van der Waals surface area contributed by atoms with E-state index in [1.165, 1.54) is 32.9 Å². The third-order valence-corrected chi connectivity index (χ3v) is 11.0. The molecule has 1 aromatic carbocycles. The first kappa shape index (κ1) is 33.1. The van der Waals surface area contributed by atoms with Crippen LogP contribution in [0.2, 0.25) is 0 Å². The van der Waals surface area contributed by atoms with E-state index in [0.29, 0.717) is 26.7 Å². The molecular weight excluding hydrogens is 592 g/mol. The number of alkyl halides is 2. The van der Waals surface area contributed by atoms with Gasteiger partial charge in [-0.25, -0.2) is 26.3 Å². The lowest BCUT2D eigenvalue weighted by Crippen LogP contribution is -2.58. The van der Waals surface area contributed by atoms with Gasteiger partial charge < -0.3 is 9.47 Å². The number of carbonyl (C=O) groups is 2. The summed E-state index contributed by atoms with van der Waals surface area (Å²) >= 11 is 0. The van der Waals surface area contributed by atoms with Gasteiger partial charge in [0.2, 0.25) is 10.0 Å². The van der Waals surface area contributed by atoms with E-state index in [2.05, 4.69) is 11.1 Å². The summed E-state index contributed by atoms with van der Waals surface area (Å²) < 4.78 is 68.7. The molecule has 2 aliphatic rings. The second-order valence-electron chi connectivity index (χ2n) is 12.4. The van der Waals surface area contributed by atoms with Gasteiger partial charge in [0, 0.05) is 35.6 Å². The predicted molar refractivity (Wildman–Crippen MR) is 160 cm³/mol. The number of amides is 1. The van der Waals surface area contributed by atoms with Gasteiger partial charge in [0.15, 0.2) is 0 Å².